The Hall–Kier alpha value is -2.30. The molecule has 0 fully saturated rings. The third kappa shape index (κ3) is 3.55. The number of halogens is 2. The molecule has 0 saturated carbocycles. The van der Waals surface area contributed by atoms with E-state index in [1.54, 1.807) is 6.07 Å². The lowest BCUT2D eigenvalue weighted by Crippen LogP contribution is -2.08. The molecule has 3 rings (SSSR count). The van der Waals surface area contributed by atoms with Crippen LogP contribution in [0.3, 0.4) is 0 Å². The van der Waals surface area contributed by atoms with Gasteiger partial charge in [0.25, 0.3) is 0 Å². The van der Waals surface area contributed by atoms with E-state index in [4.69, 9.17) is 16.9 Å². The van der Waals surface area contributed by atoms with Crippen molar-refractivity contribution in [2.75, 3.05) is 17.6 Å². The summed E-state index contributed by atoms with van der Waals surface area (Å²) in [7, 11) is 0. The number of rotatable bonds is 5. The highest BCUT2D eigenvalue weighted by Gasteiger charge is 2.10. The maximum Gasteiger partial charge on any atom is 0.166 e. The first-order valence-corrected chi connectivity index (χ1v) is 8.11. The maximum absolute atomic E-state index is 13.7. The predicted molar refractivity (Wildman–Crippen MR) is 89.2 cm³/mol. The molecular weight excluding hydrogens is 337 g/mol. The standard InChI is InChI=1S/C15H11ClFN5S/c16-13-9(8-18)7-10(17)14(22-13)19-5-6-23-15-20-11-3-1-2-4-12(11)21-15/h1-4,7H,5-6H2,(H,19,22)(H,20,21). The van der Waals surface area contributed by atoms with Crippen LogP contribution in [0.5, 0.6) is 0 Å². The van der Waals surface area contributed by atoms with E-state index < -0.39 is 5.82 Å². The van der Waals surface area contributed by atoms with Crippen molar-refractivity contribution in [2.24, 2.45) is 0 Å². The largest absolute Gasteiger partial charge is 0.367 e. The number of imidazole rings is 1. The Morgan fingerprint density at radius 3 is 2.96 bits per heavy atom. The number of H-pyrrole nitrogens is 1. The van der Waals surface area contributed by atoms with Crippen LogP contribution in [0, 0.1) is 17.1 Å². The zero-order valence-corrected chi connectivity index (χ0v) is 13.4. The summed E-state index contributed by atoms with van der Waals surface area (Å²) in [6, 6.07) is 10.6. The normalized spacial score (nSPS) is 10.7. The second-order valence-corrected chi connectivity index (χ2v) is 6.04. The Morgan fingerprint density at radius 2 is 2.17 bits per heavy atom. The molecule has 2 N–H and O–H groups in total. The van der Waals surface area contributed by atoms with Gasteiger partial charge in [-0.1, -0.05) is 35.5 Å². The summed E-state index contributed by atoms with van der Waals surface area (Å²) in [5.41, 5.74) is 1.91. The minimum Gasteiger partial charge on any atom is -0.367 e. The van der Waals surface area contributed by atoms with E-state index in [1.807, 2.05) is 24.3 Å². The van der Waals surface area contributed by atoms with Crippen molar-refractivity contribution in [3.8, 4) is 6.07 Å². The molecule has 0 aliphatic carbocycles. The summed E-state index contributed by atoms with van der Waals surface area (Å²) < 4.78 is 13.7. The van der Waals surface area contributed by atoms with Crippen LogP contribution in [0.1, 0.15) is 5.56 Å². The summed E-state index contributed by atoms with van der Waals surface area (Å²) in [5, 5.41) is 12.4. The molecule has 5 nitrogen and oxygen atoms in total. The highest BCUT2D eigenvalue weighted by molar-refractivity contribution is 7.99. The van der Waals surface area contributed by atoms with Crippen LogP contribution < -0.4 is 5.32 Å². The molecule has 0 amide bonds. The molecule has 0 saturated heterocycles. The van der Waals surface area contributed by atoms with Crippen LogP contribution in [-0.4, -0.2) is 27.2 Å². The summed E-state index contributed by atoms with van der Waals surface area (Å²) in [5.74, 6) is 0.109. The summed E-state index contributed by atoms with van der Waals surface area (Å²) in [6.45, 7) is 0.480. The van der Waals surface area contributed by atoms with E-state index in [0.29, 0.717) is 12.3 Å². The monoisotopic (exact) mass is 347 g/mol. The lowest BCUT2D eigenvalue weighted by molar-refractivity contribution is 0.624. The minimum atomic E-state index is -0.598. The van der Waals surface area contributed by atoms with Crippen LogP contribution >= 0.6 is 23.4 Å². The van der Waals surface area contributed by atoms with Gasteiger partial charge in [-0.3, -0.25) is 0 Å². The van der Waals surface area contributed by atoms with Crippen molar-refractivity contribution in [1.29, 1.82) is 5.26 Å². The molecule has 3 aromatic rings. The van der Waals surface area contributed by atoms with Gasteiger partial charge < -0.3 is 10.3 Å². The third-order valence-corrected chi connectivity index (χ3v) is 4.21. The Morgan fingerprint density at radius 1 is 1.35 bits per heavy atom. The number of anilines is 1. The number of fused-ring (bicyclic) bond motifs is 1. The number of benzene rings is 1. The van der Waals surface area contributed by atoms with Crippen molar-refractivity contribution in [3.63, 3.8) is 0 Å². The summed E-state index contributed by atoms with van der Waals surface area (Å²) in [6.07, 6.45) is 0. The van der Waals surface area contributed by atoms with Gasteiger partial charge in [-0.2, -0.15) is 5.26 Å². The van der Waals surface area contributed by atoms with Gasteiger partial charge in [0, 0.05) is 12.3 Å². The van der Waals surface area contributed by atoms with Gasteiger partial charge in [0.2, 0.25) is 0 Å². The fourth-order valence-electron chi connectivity index (χ4n) is 1.98. The van der Waals surface area contributed by atoms with Crippen molar-refractivity contribution < 1.29 is 4.39 Å². The number of aromatic nitrogens is 3. The number of aromatic amines is 1. The van der Waals surface area contributed by atoms with E-state index in [2.05, 4.69) is 20.3 Å². The topological polar surface area (TPSA) is 77.4 Å². The van der Waals surface area contributed by atoms with E-state index in [0.717, 1.165) is 22.3 Å². The molecule has 23 heavy (non-hydrogen) atoms. The van der Waals surface area contributed by atoms with Crippen LogP contribution in [-0.2, 0) is 0 Å². The summed E-state index contributed by atoms with van der Waals surface area (Å²) >= 11 is 7.31. The average Bonchev–Trinajstić information content (AvgIpc) is 2.97. The highest BCUT2D eigenvalue weighted by Crippen LogP contribution is 2.21. The predicted octanol–water partition coefficient (Wildman–Crippen LogP) is 3.83. The number of pyridine rings is 1. The second kappa shape index (κ2) is 6.86. The molecule has 0 aliphatic rings. The fraction of sp³-hybridized carbons (Fsp3) is 0.133. The first-order chi connectivity index (χ1) is 11.2. The van der Waals surface area contributed by atoms with Gasteiger partial charge in [0.1, 0.15) is 11.2 Å². The molecule has 8 heteroatoms. The lowest BCUT2D eigenvalue weighted by atomic mass is 10.3. The van der Waals surface area contributed by atoms with E-state index in [9.17, 15) is 4.39 Å². The van der Waals surface area contributed by atoms with Crippen molar-refractivity contribution in [1.82, 2.24) is 15.0 Å². The van der Waals surface area contributed by atoms with Gasteiger partial charge in [-0.15, -0.1) is 0 Å². The molecule has 0 radical (unpaired) electrons. The van der Waals surface area contributed by atoms with Crippen LogP contribution in [0.4, 0.5) is 10.2 Å². The zero-order valence-electron chi connectivity index (χ0n) is 11.8. The molecule has 1 aromatic carbocycles. The van der Waals surface area contributed by atoms with Gasteiger partial charge in [0.15, 0.2) is 16.8 Å². The van der Waals surface area contributed by atoms with Crippen molar-refractivity contribution >= 4 is 40.2 Å². The van der Waals surface area contributed by atoms with Gasteiger partial charge in [-0.25, -0.2) is 14.4 Å². The Labute approximate surface area is 140 Å². The third-order valence-electron chi connectivity index (χ3n) is 3.05. The van der Waals surface area contributed by atoms with E-state index >= 15 is 0 Å². The Kier molecular flexibility index (Phi) is 4.65. The van der Waals surface area contributed by atoms with Crippen LogP contribution in [0.25, 0.3) is 11.0 Å². The van der Waals surface area contributed by atoms with Gasteiger partial charge in [0.05, 0.1) is 16.6 Å². The van der Waals surface area contributed by atoms with Crippen LogP contribution in [0.2, 0.25) is 5.15 Å². The number of para-hydroxylation sites is 2. The molecular formula is C15H11ClFN5S. The van der Waals surface area contributed by atoms with E-state index in [1.165, 1.54) is 11.8 Å². The van der Waals surface area contributed by atoms with Gasteiger partial charge in [-0.05, 0) is 18.2 Å². The molecule has 0 unspecified atom stereocenters. The SMILES string of the molecule is N#Cc1cc(F)c(NCCSc2nc3ccccc3[nH]2)nc1Cl. The molecule has 0 spiro atoms. The maximum atomic E-state index is 13.7. The smallest absolute Gasteiger partial charge is 0.166 e. The number of hydrogen-bond donors (Lipinski definition) is 2. The molecule has 0 aliphatic heterocycles. The van der Waals surface area contributed by atoms with Gasteiger partial charge >= 0.3 is 0 Å². The number of thioether (sulfide) groups is 1. The first kappa shape index (κ1) is 15.6. The molecule has 2 heterocycles. The van der Waals surface area contributed by atoms with Crippen LogP contribution in [0.15, 0.2) is 35.5 Å². The highest BCUT2D eigenvalue weighted by atomic mass is 35.5. The van der Waals surface area contributed by atoms with Crippen molar-refractivity contribution in [3.05, 3.63) is 46.9 Å². The number of hydrogen-bond acceptors (Lipinski definition) is 5. The summed E-state index contributed by atoms with van der Waals surface area (Å²) in [4.78, 5) is 11.5. The number of nitriles is 1. The fourth-order valence-corrected chi connectivity index (χ4v) is 2.91. The quantitative estimate of drug-likeness (QED) is 0.416. The molecule has 2 aromatic heterocycles. The Bertz CT molecular complexity index is 856. The number of nitrogens with one attached hydrogen (secondary N) is 2. The lowest BCUT2D eigenvalue weighted by Gasteiger charge is -2.06. The minimum absolute atomic E-state index is 0.0127. The van der Waals surface area contributed by atoms with E-state index in [-0.39, 0.29) is 16.5 Å². The van der Waals surface area contributed by atoms with Crippen molar-refractivity contribution in [2.45, 2.75) is 5.16 Å². The second-order valence-electron chi connectivity index (χ2n) is 4.60. The average molecular weight is 348 g/mol. The molecule has 116 valence electrons. The number of nitrogens with zero attached hydrogens (tertiary/aromatic N) is 3. The first-order valence-electron chi connectivity index (χ1n) is 6.75. The molecule has 0 bridgehead atoms. The molecule has 0 atom stereocenters. The Balaban J connectivity index is 1.57. The zero-order chi connectivity index (χ0) is 16.2.